The van der Waals surface area contributed by atoms with E-state index >= 15 is 0 Å². The summed E-state index contributed by atoms with van der Waals surface area (Å²) in [5, 5.41) is 4.45. The highest BCUT2D eigenvalue weighted by Crippen LogP contribution is 2.27. The zero-order valence-electron chi connectivity index (χ0n) is 12.6. The second-order valence-electron chi connectivity index (χ2n) is 5.34. The van der Waals surface area contributed by atoms with Crippen molar-refractivity contribution in [2.45, 2.75) is 33.0 Å². The molecule has 0 atom stereocenters. The van der Waals surface area contributed by atoms with E-state index in [1.807, 2.05) is 25.3 Å². The molecule has 0 saturated heterocycles. The van der Waals surface area contributed by atoms with E-state index in [2.05, 4.69) is 42.8 Å². The second kappa shape index (κ2) is 6.73. The SMILES string of the molecule is C=CCN(Cc1oc2ccccc2c1CNC)C(C)C. The maximum Gasteiger partial charge on any atom is 0.134 e. The average Bonchev–Trinajstić information content (AvgIpc) is 2.77. The molecule has 0 aliphatic carbocycles. The van der Waals surface area contributed by atoms with Gasteiger partial charge in [0.2, 0.25) is 0 Å². The molecule has 20 heavy (non-hydrogen) atoms. The summed E-state index contributed by atoms with van der Waals surface area (Å²) < 4.78 is 6.06. The highest BCUT2D eigenvalue weighted by molar-refractivity contribution is 5.82. The Kier molecular flexibility index (Phi) is 4.99. The van der Waals surface area contributed by atoms with Gasteiger partial charge in [0.05, 0.1) is 6.54 Å². The Balaban J connectivity index is 2.36. The molecule has 108 valence electrons. The van der Waals surface area contributed by atoms with Crippen LogP contribution in [0.1, 0.15) is 25.2 Å². The van der Waals surface area contributed by atoms with Gasteiger partial charge in [0.25, 0.3) is 0 Å². The summed E-state index contributed by atoms with van der Waals surface area (Å²) in [5.41, 5.74) is 2.23. The van der Waals surface area contributed by atoms with Crippen LogP contribution < -0.4 is 5.32 Å². The van der Waals surface area contributed by atoms with Gasteiger partial charge in [-0.25, -0.2) is 0 Å². The lowest BCUT2D eigenvalue weighted by Crippen LogP contribution is -2.30. The number of hydrogen-bond donors (Lipinski definition) is 1. The van der Waals surface area contributed by atoms with Crippen LogP contribution in [0.2, 0.25) is 0 Å². The van der Waals surface area contributed by atoms with E-state index < -0.39 is 0 Å². The van der Waals surface area contributed by atoms with Crippen LogP contribution >= 0.6 is 0 Å². The van der Waals surface area contributed by atoms with Crippen molar-refractivity contribution in [3.05, 3.63) is 48.2 Å². The Morgan fingerprint density at radius 2 is 2.10 bits per heavy atom. The Morgan fingerprint density at radius 3 is 2.75 bits per heavy atom. The van der Waals surface area contributed by atoms with Gasteiger partial charge < -0.3 is 9.73 Å². The van der Waals surface area contributed by atoms with Crippen LogP contribution in [0.5, 0.6) is 0 Å². The van der Waals surface area contributed by atoms with E-state index in [0.29, 0.717) is 6.04 Å². The Labute approximate surface area is 121 Å². The smallest absolute Gasteiger partial charge is 0.134 e. The van der Waals surface area contributed by atoms with E-state index in [0.717, 1.165) is 31.0 Å². The molecule has 3 nitrogen and oxygen atoms in total. The molecule has 0 bridgehead atoms. The minimum absolute atomic E-state index is 0.462. The van der Waals surface area contributed by atoms with Crippen molar-refractivity contribution in [3.8, 4) is 0 Å². The fourth-order valence-corrected chi connectivity index (χ4v) is 2.46. The summed E-state index contributed by atoms with van der Waals surface area (Å²) in [6.07, 6.45) is 1.94. The Hall–Kier alpha value is -1.58. The van der Waals surface area contributed by atoms with Crippen LogP contribution in [-0.4, -0.2) is 24.5 Å². The largest absolute Gasteiger partial charge is 0.459 e. The fraction of sp³-hybridized carbons (Fsp3) is 0.412. The van der Waals surface area contributed by atoms with Crippen LogP contribution in [0.25, 0.3) is 11.0 Å². The first-order valence-electron chi connectivity index (χ1n) is 7.16. The van der Waals surface area contributed by atoms with E-state index in [-0.39, 0.29) is 0 Å². The van der Waals surface area contributed by atoms with Gasteiger partial charge in [-0.05, 0) is 27.0 Å². The van der Waals surface area contributed by atoms with Gasteiger partial charge in [-0.3, -0.25) is 4.90 Å². The summed E-state index contributed by atoms with van der Waals surface area (Å²) in [7, 11) is 1.97. The summed E-state index contributed by atoms with van der Waals surface area (Å²) in [6, 6.07) is 8.70. The van der Waals surface area contributed by atoms with Crippen molar-refractivity contribution in [1.82, 2.24) is 10.2 Å². The molecule has 1 aromatic heterocycles. The molecule has 1 aromatic carbocycles. The van der Waals surface area contributed by atoms with Crippen molar-refractivity contribution >= 4 is 11.0 Å². The van der Waals surface area contributed by atoms with Crippen LogP contribution in [0.4, 0.5) is 0 Å². The maximum absolute atomic E-state index is 6.06. The van der Waals surface area contributed by atoms with Gasteiger partial charge in [-0.15, -0.1) is 6.58 Å². The Bertz CT molecular complexity index is 571. The second-order valence-corrected chi connectivity index (χ2v) is 5.34. The van der Waals surface area contributed by atoms with Crippen molar-refractivity contribution in [2.75, 3.05) is 13.6 Å². The number of hydrogen-bond acceptors (Lipinski definition) is 3. The van der Waals surface area contributed by atoms with E-state index in [1.54, 1.807) is 0 Å². The number of rotatable bonds is 7. The maximum atomic E-state index is 6.06. The molecular weight excluding hydrogens is 248 g/mol. The molecule has 1 heterocycles. The van der Waals surface area contributed by atoms with Gasteiger partial charge >= 0.3 is 0 Å². The zero-order chi connectivity index (χ0) is 14.5. The van der Waals surface area contributed by atoms with E-state index in [9.17, 15) is 0 Å². The lowest BCUT2D eigenvalue weighted by Gasteiger charge is -2.24. The zero-order valence-corrected chi connectivity index (χ0v) is 12.6. The lowest BCUT2D eigenvalue weighted by atomic mass is 10.1. The monoisotopic (exact) mass is 272 g/mol. The van der Waals surface area contributed by atoms with Crippen molar-refractivity contribution in [1.29, 1.82) is 0 Å². The minimum Gasteiger partial charge on any atom is -0.459 e. The molecule has 0 radical (unpaired) electrons. The first-order chi connectivity index (χ1) is 9.67. The predicted octanol–water partition coefficient (Wildman–Crippen LogP) is 3.55. The van der Waals surface area contributed by atoms with Crippen LogP contribution in [0.15, 0.2) is 41.3 Å². The molecule has 0 unspecified atom stereocenters. The number of para-hydroxylation sites is 1. The van der Waals surface area contributed by atoms with E-state index in [1.165, 1.54) is 10.9 Å². The highest BCUT2D eigenvalue weighted by Gasteiger charge is 2.17. The third-order valence-electron chi connectivity index (χ3n) is 3.58. The average molecular weight is 272 g/mol. The third kappa shape index (κ3) is 3.11. The minimum atomic E-state index is 0.462. The summed E-state index contributed by atoms with van der Waals surface area (Å²) >= 11 is 0. The highest BCUT2D eigenvalue weighted by atomic mass is 16.3. The molecule has 0 amide bonds. The van der Waals surface area contributed by atoms with Crippen LogP contribution in [-0.2, 0) is 13.1 Å². The standard InChI is InChI=1S/C17H24N2O/c1-5-10-19(13(2)3)12-17-15(11-18-4)14-8-6-7-9-16(14)20-17/h5-9,13,18H,1,10-12H2,2-4H3. The molecule has 0 fully saturated rings. The van der Waals surface area contributed by atoms with Crippen molar-refractivity contribution in [3.63, 3.8) is 0 Å². The van der Waals surface area contributed by atoms with Gasteiger partial charge in [0.1, 0.15) is 11.3 Å². The molecule has 1 N–H and O–H groups in total. The first-order valence-corrected chi connectivity index (χ1v) is 7.16. The summed E-state index contributed by atoms with van der Waals surface area (Å²) in [5.74, 6) is 1.05. The quantitative estimate of drug-likeness (QED) is 0.781. The molecule has 2 rings (SSSR count). The number of furan rings is 1. The van der Waals surface area contributed by atoms with Crippen molar-refractivity contribution in [2.24, 2.45) is 0 Å². The molecule has 3 heteroatoms. The topological polar surface area (TPSA) is 28.4 Å². The normalized spacial score (nSPS) is 11.7. The van der Waals surface area contributed by atoms with E-state index in [4.69, 9.17) is 4.42 Å². The van der Waals surface area contributed by atoms with Crippen LogP contribution in [0, 0.1) is 0 Å². The fourth-order valence-electron chi connectivity index (χ4n) is 2.46. The first kappa shape index (κ1) is 14.8. The summed E-state index contributed by atoms with van der Waals surface area (Å²) in [6.45, 7) is 10.7. The molecule has 2 aromatic rings. The van der Waals surface area contributed by atoms with Gasteiger partial charge in [0, 0.05) is 30.1 Å². The number of fused-ring (bicyclic) bond motifs is 1. The molecular formula is C17H24N2O. The van der Waals surface area contributed by atoms with Gasteiger partial charge in [-0.1, -0.05) is 24.3 Å². The van der Waals surface area contributed by atoms with Gasteiger partial charge in [0.15, 0.2) is 0 Å². The molecule has 0 aliphatic rings. The molecule has 0 spiro atoms. The lowest BCUT2D eigenvalue weighted by molar-refractivity contribution is 0.219. The number of nitrogens with zero attached hydrogens (tertiary/aromatic N) is 1. The summed E-state index contributed by atoms with van der Waals surface area (Å²) in [4.78, 5) is 2.35. The predicted molar refractivity (Wildman–Crippen MR) is 84.7 cm³/mol. The van der Waals surface area contributed by atoms with Gasteiger partial charge in [-0.2, -0.15) is 0 Å². The van der Waals surface area contributed by atoms with Crippen molar-refractivity contribution < 1.29 is 4.42 Å². The number of nitrogens with one attached hydrogen (secondary N) is 1. The third-order valence-corrected chi connectivity index (χ3v) is 3.58. The Morgan fingerprint density at radius 1 is 1.35 bits per heavy atom. The number of benzene rings is 1. The molecule has 0 saturated carbocycles. The molecule has 0 aliphatic heterocycles. The van der Waals surface area contributed by atoms with Crippen LogP contribution in [0.3, 0.4) is 0 Å².